The van der Waals surface area contributed by atoms with Crippen molar-refractivity contribution < 1.29 is 9.59 Å². The molecule has 2 fully saturated rings. The first-order chi connectivity index (χ1) is 13.7. The molecule has 4 rings (SSSR count). The lowest BCUT2D eigenvalue weighted by Crippen LogP contribution is -2.57. The molecule has 0 aromatic heterocycles. The second kappa shape index (κ2) is 9.29. The van der Waals surface area contributed by atoms with Gasteiger partial charge in [0.05, 0.1) is 6.67 Å². The van der Waals surface area contributed by atoms with Crippen LogP contribution >= 0.6 is 12.4 Å². The van der Waals surface area contributed by atoms with Crippen molar-refractivity contribution in [1.29, 1.82) is 0 Å². The molecule has 0 atom stereocenters. The van der Waals surface area contributed by atoms with Crippen molar-refractivity contribution in [3.05, 3.63) is 66.2 Å². The first kappa shape index (κ1) is 21.1. The van der Waals surface area contributed by atoms with E-state index in [9.17, 15) is 9.59 Å². The third kappa shape index (κ3) is 4.38. The smallest absolute Gasteiger partial charge is 0.251 e. The number of anilines is 1. The molecule has 2 aliphatic heterocycles. The number of piperidine rings is 1. The maximum Gasteiger partial charge on any atom is 0.251 e. The number of hydrogen-bond acceptors (Lipinski definition) is 4. The van der Waals surface area contributed by atoms with Gasteiger partial charge in [-0.3, -0.25) is 9.59 Å². The minimum absolute atomic E-state index is 0. The molecular weight excluding hydrogens is 388 g/mol. The Morgan fingerprint density at radius 1 is 1.00 bits per heavy atom. The van der Waals surface area contributed by atoms with Gasteiger partial charge in [0.1, 0.15) is 5.54 Å². The lowest BCUT2D eigenvalue weighted by Gasteiger charge is -2.43. The first-order valence-electron chi connectivity index (χ1n) is 9.86. The molecule has 0 unspecified atom stereocenters. The van der Waals surface area contributed by atoms with Crippen LogP contribution in [0.15, 0.2) is 60.7 Å². The Morgan fingerprint density at radius 2 is 1.62 bits per heavy atom. The number of halogens is 1. The molecule has 2 aromatic rings. The number of rotatable bonds is 5. The Balaban J connectivity index is 0.00000240. The average molecular weight is 415 g/mol. The zero-order chi connectivity index (χ0) is 19.4. The predicted octanol–water partition coefficient (Wildman–Crippen LogP) is 2.27. The highest BCUT2D eigenvalue weighted by molar-refractivity contribution is 5.94. The number of amides is 2. The molecule has 154 valence electrons. The lowest BCUT2D eigenvalue weighted by atomic mass is 9.85. The molecule has 0 aliphatic carbocycles. The topological polar surface area (TPSA) is 64.7 Å². The van der Waals surface area contributed by atoms with Gasteiger partial charge in [-0.15, -0.1) is 12.4 Å². The number of carbonyl (C=O) groups is 2. The molecule has 0 bridgehead atoms. The molecule has 6 nitrogen and oxygen atoms in total. The molecule has 2 aliphatic rings. The molecule has 2 N–H and O–H groups in total. The third-order valence-electron chi connectivity index (χ3n) is 5.84. The zero-order valence-electron chi connectivity index (χ0n) is 16.3. The number of benzene rings is 2. The maximum atomic E-state index is 12.7. The summed E-state index contributed by atoms with van der Waals surface area (Å²) in [5, 5.41) is 6.01. The summed E-state index contributed by atoms with van der Waals surface area (Å²) >= 11 is 0. The summed E-state index contributed by atoms with van der Waals surface area (Å²) in [6.07, 6.45) is 1.58. The van der Waals surface area contributed by atoms with Crippen molar-refractivity contribution >= 4 is 29.9 Å². The SMILES string of the molecule is Cl.O=C(NCCN1CCC2(CC1)C(=O)NCN2c1ccccc1)c1ccccc1. The van der Waals surface area contributed by atoms with E-state index in [1.54, 1.807) is 0 Å². The molecule has 2 amide bonds. The maximum absolute atomic E-state index is 12.7. The van der Waals surface area contributed by atoms with E-state index < -0.39 is 5.54 Å². The van der Waals surface area contributed by atoms with E-state index in [-0.39, 0.29) is 24.2 Å². The summed E-state index contributed by atoms with van der Waals surface area (Å²) in [5.74, 6) is 0.0906. The van der Waals surface area contributed by atoms with Gasteiger partial charge in [0.15, 0.2) is 0 Å². The summed E-state index contributed by atoms with van der Waals surface area (Å²) < 4.78 is 0. The monoisotopic (exact) mass is 414 g/mol. The second-order valence-electron chi connectivity index (χ2n) is 7.42. The molecule has 0 radical (unpaired) electrons. The Bertz CT molecular complexity index is 823. The highest BCUT2D eigenvalue weighted by Gasteiger charge is 2.50. The number of nitrogens with zero attached hydrogens (tertiary/aromatic N) is 2. The van der Waals surface area contributed by atoms with Crippen molar-refractivity contribution in [1.82, 2.24) is 15.5 Å². The number of nitrogens with one attached hydrogen (secondary N) is 2. The van der Waals surface area contributed by atoms with Crippen molar-refractivity contribution in [3.8, 4) is 0 Å². The second-order valence-corrected chi connectivity index (χ2v) is 7.42. The minimum Gasteiger partial charge on any atom is -0.351 e. The summed E-state index contributed by atoms with van der Waals surface area (Å²) in [4.78, 5) is 29.4. The van der Waals surface area contributed by atoms with Gasteiger partial charge in [0.25, 0.3) is 5.91 Å². The van der Waals surface area contributed by atoms with Crippen molar-refractivity contribution in [2.75, 3.05) is 37.7 Å². The van der Waals surface area contributed by atoms with E-state index in [2.05, 4.69) is 32.6 Å². The van der Waals surface area contributed by atoms with Gasteiger partial charge in [-0.2, -0.15) is 0 Å². The predicted molar refractivity (Wildman–Crippen MR) is 116 cm³/mol. The van der Waals surface area contributed by atoms with E-state index in [4.69, 9.17) is 0 Å². The van der Waals surface area contributed by atoms with Crippen LogP contribution in [0.5, 0.6) is 0 Å². The van der Waals surface area contributed by atoms with Gasteiger partial charge in [-0.05, 0) is 37.1 Å². The number of para-hydroxylation sites is 1. The largest absolute Gasteiger partial charge is 0.351 e. The zero-order valence-corrected chi connectivity index (χ0v) is 17.2. The number of hydrogen-bond donors (Lipinski definition) is 2. The third-order valence-corrected chi connectivity index (χ3v) is 5.84. The van der Waals surface area contributed by atoms with Crippen molar-refractivity contribution in [3.63, 3.8) is 0 Å². The molecular formula is C22H27ClN4O2. The van der Waals surface area contributed by atoms with E-state index in [1.807, 2.05) is 48.5 Å². The number of likely N-dealkylation sites (tertiary alicyclic amines) is 1. The highest BCUT2D eigenvalue weighted by Crippen LogP contribution is 2.35. The van der Waals surface area contributed by atoms with Crippen LogP contribution in [0.4, 0.5) is 5.69 Å². The average Bonchev–Trinajstić information content (AvgIpc) is 3.06. The van der Waals surface area contributed by atoms with E-state index >= 15 is 0 Å². The van der Waals surface area contributed by atoms with Crippen LogP contribution in [0.3, 0.4) is 0 Å². The fourth-order valence-corrected chi connectivity index (χ4v) is 4.20. The van der Waals surface area contributed by atoms with Crippen LogP contribution in [0.25, 0.3) is 0 Å². The minimum atomic E-state index is -0.453. The van der Waals surface area contributed by atoms with Crippen LogP contribution in [0, 0.1) is 0 Å². The van der Waals surface area contributed by atoms with Crippen molar-refractivity contribution in [2.24, 2.45) is 0 Å². The van der Waals surface area contributed by atoms with Crippen LogP contribution < -0.4 is 15.5 Å². The van der Waals surface area contributed by atoms with E-state index in [0.717, 1.165) is 38.2 Å². The summed E-state index contributed by atoms with van der Waals surface area (Å²) in [7, 11) is 0. The normalized spacial score (nSPS) is 18.2. The van der Waals surface area contributed by atoms with Gasteiger partial charge >= 0.3 is 0 Å². The molecule has 2 aromatic carbocycles. The molecule has 1 spiro atoms. The van der Waals surface area contributed by atoms with Gasteiger partial charge in [-0.25, -0.2) is 0 Å². The first-order valence-corrected chi connectivity index (χ1v) is 9.86. The van der Waals surface area contributed by atoms with Crippen molar-refractivity contribution in [2.45, 2.75) is 18.4 Å². The molecule has 0 saturated carbocycles. The van der Waals surface area contributed by atoms with Crippen LogP contribution in [0.2, 0.25) is 0 Å². The van der Waals surface area contributed by atoms with Crippen LogP contribution in [0.1, 0.15) is 23.2 Å². The Morgan fingerprint density at radius 3 is 2.28 bits per heavy atom. The molecule has 2 saturated heterocycles. The lowest BCUT2D eigenvalue weighted by molar-refractivity contribution is -0.125. The highest BCUT2D eigenvalue weighted by atomic mass is 35.5. The van der Waals surface area contributed by atoms with Crippen LogP contribution in [-0.4, -0.2) is 55.1 Å². The van der Waals surface area contributed by atoms with Gasteiger partial charge in [-0.1, -0.05) is 36.4 Å². The Labute approximate surface area is 177 Å². The van der Waals surface area contributed by atoms with Gasteiger partial charge in [0, 0.05) is 37.4 Å². The fourth-order valence-electron chi connectivity index (χ4n) is 4.20. The molecule has 29 heavy (non-hydrogen) atoms. The summed E-state index contributed by atoms with van der Waals surface area (Å²) in [6, 6.07) is 19.4. The standard InChI is InChI=1S/C22H26N4O2.ClH/c27-20(18-7-3-1-4-8-18)23-13-16-25-14-11-22(12-15-25)21(28)24-17-26(22)19-9-5-2-6-10-19;/h1-10H,11-17H2,(H,23,27)(H,24,28);1H. The van der Waals surface area contributed by atoms with Crippen LogP contribution in [-0.2, 0) is 4.79 Å². The summed E-state index contributed by atoms with van der Waals surface area (Å²) in [6.45, 7) is 3.66. The van der Waals surface area contributed by atoms with Gasteiger partial charge in [0.2, 0.25) is 5.91 Å². The van der Waals surface area contributed by atoms with E-state index in [1.165, 1.54) is 0 Å². The Kier molecular flexibility index (Phi) is 6.77. The molecule has 7 heteroatoms. The summed E-state index contributed by atoms with van der Waals surface area (Å²) in [5.41, 5.74) is 1.32. The Hall–Kier alpha value is -2.57. The fraction of sp³-hybridized carbons (Fsp3) is 0.364. The van der Waals surface area contributed by atoms with E-state index in [0.29, 0.717) is 18.8 Å². The number of carbonyl (C=O) groups excluding carboxylic acids is 2. The quantitative estimate of drug-likeness (QED) is 0.787. The van der Waals surface area contributed by atoms with Gasteiger partial charge < -0.3 is 20.4 Å². The molecule has 2 heterocycles.